The molecule has 6 heteroatoms. The number of nitrogens with two attached hydrogens (primary N) is 1. The third-order valence-corrected chi connectivity index (χ3v) is 4.20. The molecule has 0 radical (unpaired) electrons. The van der Waals surface area contributed by atoms with Gasteiger partial charge in [0, 0.05) is 19.0 Å². The largest absolute Gasteiger partial charge is 0.484 e. The van der Waals surface area contributed by atoms with E-state index in [1.165, 1.54) is 5.56 Å². The van der Waals surface area contributed by atoms with Crippen LogP contribution < -0.4 is 16.0 Å². The van der Waals surface area contributed by atoms with Gasteiger partial charge >= 0.3 is 0 Å². The monoisotopic (exact) mass is 305 g/mol. The number of carbonyl (C=O) groups excluding carboxylic acids is 2. The molecule has 6 nitrogen and oxygen atoms in total. The number of piperidine rings is 1. The number of aryl methyl sites for hydroxylation is 2. The van der Waals surface area contributed by atoms with E-state index in [0.29, 0.717) is 31.7 Å². The van der Waals surface area contributed by atoms with Crippen molar-refractivity contribution in [2.24, 2.45) is 11.8 Å². The van der Waals surface area contributed by atoms with Crippen LogP contribution in [0.5, 0.6) is 5.75 Å². The lowest BCUT2D eigenvalue weighted by Crippen LogP contribution is -2.45. The molecule has 0 aromatic heterocycles. The molecule has 1 aliphatic heterocycles. The third kappa shape index (κ3) is 3.98. The zero-order valence-electron chi connectivity index (χ0n) is 13.1. The van der Waals surface area contributed by atoms with Gasteiger partial charge in [-0.1, -0.05) is 6.07 Å². The van der Waals surface area contributed by atoms with Crippen molar-refractivity contribution in [3.05, 3.63) is 29.3 Å². The lowest BCUT2D eigenvalue weighted by molar-refractivity contribution is -0.137. The van der Waals surface area contributed by atoms with Gasteiger partial charge in [0.05, 0.1) is 0 Å². The van der Waals surface area contributed by atoms with E-state index in [2.05, 4.69) is 5.43 Å². The summed E-state index contributed by atoms with van der Waals surface area (Å²) >= 11 is 0. The van der Waals surface area contributed by atoms with E-state index in [4.69, 9.17) is 10.6 Å². The van der Waals surface area contributed by atoms with Crippen LogP contribution in [0.25, 0.3) is 0 Å². The van der Waals surface area contributed by atoms with Gasteiger partial charge in [-0.25, -0.2) is 5.84 Å². The Morgan fingerprint density at radius 2 is 1.95 bits per heavy atom. The molecular weight excluding hydrogens is 282 g/mol. The summed E-state index contributed by atoms with van der Waals surface area (Å²) in [7, 11) is 0. The highest BCUT2D eigenvalue weighted by Crippen LogP contribution is 2.19. The van der Waals surface area contributed by atoms with Crippen molar-refractivity contribution in [3.8, 4) is 5.75 Å². The Balaban J connectivity index is 1.81. The highest BCUT2D eigenvalue weighted by atomic mass is 16.5. The molecule has 1 aliphatic rings. The number of carbonyl (C=O) groups is 2. The molecule has 120 valence electrons. The summed E-state index contributed by atoms with van der Waals surface area (Å²) in [6, 6.07) is 5.78. The number of ether oxygens (including phenoxy) is 1. The van der Waals surface area contributed by atoms with Crippen molar-refractivity contribution in [2.45, 2.75) is 26.7 Å². The van der Waals surface area contributed by atoms with E-state index >= 15 is 0 Å². The van der Waals surface area contributed by atoms with Crippen LogP contribution in [-0.2, 0) is 9.59 Å². The first-order valence-corrected chi connectivity index (χ1v) is 7.49. The Hall–Kier alpha value is -2.08. The average Bonchev–Trinajstić information content (AvgIpc) is 2.55. The predicted molar refractivity (Wildman–Crippen MR) is 83.0 cm³/mol. The summed E-state index contributed by atoms with van der Waals surface area (Å²) in [6.07, 6.45) is 1.27. The molecule has 1 aromatic carbocycles. The Labute approximate surface area is 130 Å². The molecule has 2 amide bonds. The van der Waals surface area contributed by atoms with Crippen LogP contribution in [0.4, 0.5) is 0 Å². The zero-order chi connectivity index (χ0) is 16.1. The minimum absolute atomic E-state index is 0.0241. The van der Waals surface area contributed by atoms with Crippen molar-refractivity contribution < 1.29 is 14.3 Å². The van der Waals surface area contributed by atoms with Gasteiger partial charge in [-0.15, -0.1) is 0 Å². The molecule has 2 rings (SSSR count). The molecule has 0 aliphatic carbocycles. The minimum atomic E-state index is -0.154. The topological polar surface area (TPSA) is 84.7 Å². The first kappa shape index (κ1) is 16.3. The number of hydrogen-bond acceptors (Lipinski definition) is 4. The van der Waals surface area contributed by atoms with Gasteiger partial charge in [-0.3, -0.25) is 15.0 Å². The molecule has 0 bridgehead atoms. The Bertz CT molecular complexity index is 552. The summed E-state index contributed by atoms with van der Waals surface area (Å²) in [5.74, 6) is 5.53. The predicted octanol–water partition coefficient (Wildman–Crippen LogP) is 0.911. The second-order valence-electron chi connectivity index (χ2n) is 5.70. The summed E-state index contributed by atoms with van der Waals surface area (Å²) < 4.78 is 5.56. The second kappa shape index (κ2) is 7.26. The molecule has 1 heterocycles. The van der Waals surface area contributed by atoms with Crippen LogP contribution in [-0.4, -0.2) is 36.4 Å². The second-order valence-corrected chi connectivity index (χ2v) is 5.70. The van der Waals surface area contributed by atoms with Crippen molar-refractivity contribution in [1.29, 1.82) is 0 Å². The Kier molecular flexibility index (Phi) is 5.38. The standard InChI is InChI=1S/C16H23N3O3/c1-11-3-4-14(9-12(11)2)22-10-15(20)19-7-5-13(6-8-19)16(21)18-17/h3-4,9,13H,5-8,10,17H2,1-2H3,(H,18,21). The molecule has 1 saturated heterocycles. The number of amides is 2. The lowest BCUT2D eigenvalue weighted by Gasteiger charge is -2.30. The van der Waals surface area contributed by atoms with E-state index in [-0.39, 0.29) is 24.3 Å². The first-order valence-electron chi connectivity index (χ1n) is 7.49. The van der Waals surface area contributed by atoms with Crippen molar-refractivity contribution in [2.75, 3.05) is 19.7 Å². The molecular formula is C16H23N3O3. The SMILES string of the molecule is Cc1ccc(OCC(=O)N2CCC(C(=O)NN)CC2)cc1C. The molecule has 1 fully saturated rings. The van der Waals surface area contributed by atoms with E-state index < -0.39 is 0 Å². The molecule has 0 saturated carbocycles. The van der Waals surface area contributed by atoms with Crippen LogP contribution in [0.15, 0.2) is 18.2 Å². The zero-order valence-corrected chi connectivity index (χ0v) is 13.1. The first-order chi connectivity index (χ1) is 10.5. The molecule has 0 atom stereocenters. The van der Waals surface area contributed by atoms with Crippen LogP contribution in [0, 0.1) is 19.8 Å². The van der Waals surface area contributed by atoms with Crippen LogP contribution in [0.2, 0.25) is 0 Å². The van der Waals surface area contributed by atoms with Crippen molar-refractivity contribution >= 4 is 11.8 Å². The number of benzene rings is 1. The molecule has 0 spiro atoms. The normalized spacial score (nSPS) is 15.5. The fourth-order valence-corrected chi connectivity index (χ4v) is 2.55. The van der Waals surface area contributed by atoms with Crippen molar-refractivity contribution in [3.63, 3.8) is 0 Å². The highest BCUT2D eigenvalue weighted by Gasteiger charge is 2.26. The summed E-state index contributed by atoms with van der Waals surface area (Å²) in [5.41, 5.74) is 4.50. The van der Waals surface area contributed by atoms with E-state index in [1.54, 1.807) is 4.90 Å². The smallest absolute Gasteiger partial charge is 0.260 e. The molecule has 3 N–H and O–H groups in total. The lowest BCUT2D eigenvalue weighted by atomic mass is 9.96. The number of hydrogen-bond donors (Lipinski definition) is 2. The Morgan fingerprint density at radius 3 is 2.55 bits per heavy atom. The quantitative estimate of drug-likeness (QED) is 0.492. The van der Waals surface area contributed by atoms with Crippen LogP contribution in [0.3, 0.4) is 0 Å². The van der Waals surface area contributed by atoms with Crippen LogP contribution >= 0.6 is 0 Å². The molecule has 22 heavy (non-hydrogen) atoms. The third-order valence-electron chi connectivity index (χ3n) is 4.20. The number of rotatable bonds is 4. The van der Waals surface area contributed by atoms with E-state index in [0.717, 1.165) is 5.56 Å². The van der Waals surface area contributed by atoms with E-state index in [1.807, 2.05) is 32.0 Å². The maximum atomic E-state index is 12.1. The number of nitrogens with zero attached hydrogens (tertiary/aromatic N) is 1. The maximum absolute atomic E-state index is 12.1. The molecule has 1 aromatic rings. The van der Waals surface area contributed by atoms with Gasteiger partial charge in [0.25, 0.3) is 5.91 Å². The Morgan fingerprint density at radius 1 is 1.27 bits per heavy atom. The van der Waals surface area contributed by atoms with Gasteiger partial charge in [0.2, 0.25) is 5.91 Å². The maximum Gasteiger partial charge on any atom is 0.260 e. The summed E-state index contributed by atoms with van der Waals surface area (Å²) in [5, 5.41) is 0. The number of hydrazine groups is 1. The van der Waals surface area contributed by atoms with E-state index in [9.17, 15) is 9.59 Å². The summed E-state index contributed by atoms with van der Waals surface area (Å²) in [6.45, 7) is 5.19. The number of likely N-dealkylation sites (tertiary alicyclic amines) is 1. The fourth-order valence-electron chi connectivity index (χ4n) is 2.55. The summed E-state index contributed by atoms with van der Waals surface area (Å²) in [4.78, 5) is 25.3. The average molecular weight is 305 g/mol. The minimum Gasteiger partial charge on any atom is -0.484 e. The van der Waals surface area contributed by atoms with Gasteiger partial charge in [-0.2, -0.15) is 0 Å². The van der Waals surface area contributed by atoms with Gasteiger partial charge in [-0.05, 0) is 49.9 Å². The van der Waals surface area contributed by atoms with Gasteiger partial charge in [0.1, 0.15) is 5.75 Å². The van der Waals surface area contributed by atoms with Gasteiger partial charge in [0.15, 0.2) is 6.61 Å². The number of nitrogens with one attached hydrogen (secondary N) is 1. The highest BCUT2D eigenvalue weighted by molar-refractivity contribution is 5.80. The van der Waals surface area contributed by atoms with Crippen molar-refractivity contribution in [1.82, 2.24) is 10.3 Å². The van der Waals surface area contributed by atoms with Gasteiger partial charge < -0.3 is 9.64 Å². The van der Waals surface area contributed by atoms with Crippen LogP contribution in [0.1, 0.15) is 24.0 Å². The fraction of sp³-hybridized carbons (Fsp3) is 0.500. The molecule has 0 unspecified atom stereocenters.